The Kier molecular flexibility index (Phi) is 5.49. The van der Waals surface area contributed by atoms with Gasteiger partial charge in [0.25, 0.3) is 0 Å². The summed E-state index contributed by atoms with van der Waals surface area (Å²) in [5.74, 6) is 1.31. The third-order valence-corrected chi connectivity index (χ3v) is 4.80. The molecule has 0 aliphatic carbocycles. The maximum Gasteiger partial charge on any atom is 0.244 e. The number of amides is 1. The van der Waals surface area contributed by atoms with Gasteiger partial charge < -0.3 is 14.6 Å². The summed E-state index contributed by atoms with van der Waals surface area (Å²) in [6.45, 7) is 2.43. The molecular weight excluding hydrogens is 386 g/mol. The van der Waals surface area contributed by atoms with Crippen molar-refractivity contribution in [3.63, 3.8) is 0 Å². The number of carbonyl (C=O) groups is 1. The Labute approximate surface area is 173 Å². The van der Waals surface area contributed by atoms with Crippen LogP contribution in [0, 0.1) is 6.92 Å². The third kappa shape index (κ3) is 4.58. The minimum atomic E-state index is -0.146. The highest BCUT2D eigenvalue weighted by Crippen LogP contribution is 2.19. The summed E-state index contributed by atoms with van der Waals surface area (Å²) < 4.78 is 7.78. The molecule has 4 aromatic rings. The quantitative estimate of drug-likeness (QED) is 0.478. The summed E-state index contributed by atoms with van der Waals surface area (Å²) in [7, 11) is 0. The van der Waals surface area contributed by atoms with E-state index in [1.54, 1.807) is 24.3 Å². The van der Waals surface area contributed by atoms with Gasteiger partial charge in [-0.3, -0.25) is 4.79 Å². The lowest BCUT2D eigenvalue weighted by Crippen LogP contribution is -2.20. The molecule has 0 radical (unpaired) electrons. The second kappa shape index (κ2) is 8.37. The van der Waals surface area contributed by atoms with Crippen LogP contribution in [0.25, 0.3) is 11.0 Å². The summed E-state index contributed by atoms with van der Waals surface area (Å²) in [5, 5.41) is 3.52. The maximum absolute atomic E-state index is 12.6. The van der Waals surface area contributed by atoms with Crippen LogP contribution in [0.15, 0.2) is 72.8 Å². The number of hydrogen-bond donors (Lipinski definition) is 1. The van der Waals surface area contributed by atoms with Gasteiger partial charge in [0.15, 0.2) is 0 Å². The highest BCUT2D eigenvalue weighted by atomic mass is 35.5. The van der Waals surface area contributed by atoms with Crippen LogP contribution < -0.4 is 10.1 Å². The largest absolute Gasteiger partial charge is 0.486 e. The van der Waals surface area contributed by atoms with Gasteiger partial charge in [0.2, 0.25) is 5.91 Å². The molecule has 0 spiro atoms. The number of carbonyl (C=O) groups excluding carboxylic acids is 1. The Morgan fingerprint density at radius 3 is 2.52 bits per heavy atom. The normalized spacial score (nSPS) is 10.8. The first-order valence-electron chi connectivity index (χ1n) is 9.27. The Hall–Kier alpha value is -3.31. The van der Waals surface area contributed by atoms with Crippen LogP contribution in [0.3, 0.4) is 0 Å². The summed E-state index contributed by atoms with van der Waals surface area (Å²) in [6.07, 6.45) is 0. The molecule has 0 atom stereocenters. The fourth-order valence-electron chi connectivity index (χ4n) is 3.07. The highest BCUT2D eigenvalue weighted by molar-refractivity contribution is 6.30. The van der Waals surface area contributed by atoms with E-state index in [2.05, 4.69) is 10.3 Å². The van der Waals surface area contributed by atoms with E-state index in [9.17, 15) is 4.79 Å². The number of halogens is 1. The topological polar surface area (TPSA) is 56.2 Å². The standard InChI is InChI=1S/C23H20ClN3O2/c1-16-6-12-19(13-7-16)29-15-22-26-20-4-2-3-5-21(20)27(22)14-23(28)25-18-10-8-17(24)9-11-18/h2-13H,14-15H2,1H3,(H,25,28). The molecule has 0 unspecified atom stereocenters. The van der Waals surface area contributed by atoms with Crippen LogP contribution in [0.1, 0.15) is 11.4 Å². The van der Waals surface area contributed by atoms with Crippen molar-refractivity contribution in [2.75, 3.05) is 5.32 Å². The van der Waals surface area contributed by atoms with Crippen LogP contribution in [-0.4, -0.2) is 15.5 Å². The SMILES string of the molecule is Cc1ccc(OCc2nc3ccccc3n2CC(=O)Nc2ccc(Cl)cc2)cc1. The molecule has 1 aromatic heterocycles. The van der Waals surface area contributed by atoms with E-state index < -0.39 is 0 Å². The summed E-state index contributed by atoms with van der Waals surface area (Å²) >= 11 is 5.90. The number of rotatable bonds is 6. The third-order valence-electron chi connectivity index (χ3n) is 4.55. The van der Waals surface area contributed by atoms with E-state index >= 15 is 0 Å². The molecule has 1 amide bonds. The smallest absolute Gasteiger partial charge is 0.244 e. The van der Waals surface area contributed by atoms with Crippen molar-refractivity contribution in [3.05, 3.63) is 89.2 Å². The van der Waals surface area contributed by atoms with Crippen LogP contribution in [0.2, 0.25) is 5.02 Å². The molecule has 0 bridgehead atoms. The molecule has 146 valence electrons. The van der Waals surface area contributed by atoms with Crippen LogP contribution in [0.5, 0.6) is 5.75 Å². The highest BCUT2D eigenvalue weighted by Gasteiger charge is 2.14. The lowest BCUT2D eigenvalue weighted by atomic mass is 10.2. The van der Waals surface area contributed by atoms with E-state index in [1.807, 2.05) is 60.0 Å². The number of benzene rings is 3. The van der Waals surface area contributed by atoms with Gasteiger partial charge in [0.05, 0.1) is 11.0 Å². The summed E-state index contributed by atoms with van der Waals surface area (Å²) in [5.41, 5.74) is 3.58. The molecule has 0 aliphatic rings. The Balaban J connectivity index is 1.55. The zero-order chi connectivity index (χ0) is 20.2. The van der Waals surface area contributed by atoms with Crippen molar-refractivity contribution in [2.24, 2.45) is 0 Å². The number of anilines is 1. The molecule has 0 fully saturated rings. The molecule has 29 heavy (non-hydrogen) atoms. The molecule has 0 saturated carbocycles. The molecule has 3 aromatic carbocycles. The zero-order valence-corrected chi connectivity index (χ0v) is 16.7. The zero-order valence-electron chi connectivity index (χ0n) is 15.9. The molecule has 4 rings (SSSR count). The minimum absolute atomic E-state index is 0.135. The summed E-state index contributed by atoms with van der Waals surface area (Å²) in [6, 6.07) is 22.6. The summed E-state index contributed by atoms with van der Waals surface area (Å²) in [4.78, 5) is 17.3. The molecule has 6 heteroatoms. The Bertz CT molecular complexity index is 1140. The van der Waals surface area contributed by atoms with Gasteiger partial charge in [0, 0.05) is 10.7 Å². The van der Waals surface area contributed by atoms with Crippen molar-refractivity contribution >= 4 is 34.2 Å². The van der Waals surface area contributed by atoms with Crippen molar-refractivity contribution in [3.8, 4) is 5.75 Å². The molecule has 1 N–H and O–H groups in total. The van der Waals surface area contributed by atoms with E-state index in [-0.39, 0.29) is 19.1 Å². The number of imidazole rings is 1. The minimum Gasteiger partial charge on any atom is -0.486 e. The number of nitrogens with one attached hydrogen (secondary N) is 1. The van der Waals surface area contributed by atoms with Gasteiger partial charge in [-0.05, 0) is 55.5 Å². The monoisotopic (exact) mass is 405 g/mol. The first-order chi connectivity index (χ1) is 14.1. The van der Waals surface area contributed by atoms with Gasteiger partial charge in [-0.2, -0.15) is 0 Å². The van der Waals surface area contributed by atoms with Gasteiger partial charge in [-0.1, -0.05) is 41.4 Å². The van der Waals surface area contributed by atoms with Gasteiger partial charge in [-0.15, -0.1) is 0 Å². The van der Waals surface area contributed by atoms with Crippen molar-refractivity contribution < 1.29 is 9.53 Å². The van der Waals surface area contributed by atoms with Gasteiger partial charge >= 0.3 is 0 Å². The fraction of sp³-hybridized carbons (Fsp3) is 0.130. The van der Waals surface area contributed by atoms with Crippen molar-refractivity contribution in [1.29, 1.82) is 0 Å². The molecular formula is C23H20ClN3O2. The van der Waals surface area contributed by atoms with Crippen LogP contribution in [0.4, 0.5) is 5.69 Å². The lowest BCUT2D eigenvalue weighted by molar-refractivity contribution is -0.116. The number of hydrogen-bond acceptors (Lipinski definition) is 3. The number of nitrogens with zero attached hydrogens (tertiary/aromatic N) is 2. The predicted molar refractivity (Wildman–Crippen MR) is 115 cm³/mol. The average molecular weight is 406 g/mol. The Morgan fingerprint density at radius 1 is 1.03 bits per heavy atom. The number of fused-ring (bicyclic) bond motifs is 1. The van der Waals surface area contributed by atoms with E-state index in [4.69, 9.17) is 16.3 Å². The first-order valence-corrected chi connectivity index (χ1v) is 9.65. The number of aryl methyl sites for hydroxylation is 1. The predicted octanol–water partition coefficient (Wildman–Crippen LogP) is 5.22. The number of para-hydroxylation sites is 2. The van der Waals surface area contributed by atoms with Gasteiger partial charge in [-0.25, -0.2) is 4.98 Å². The number of aromatic nitrogens is 2. The fourth-order valence-corrected chi connectivity index (χ4v) is 3.20. The van der Waals surface area contributed by atoms with E-state index in [1.165, 1.54) is 5.56 Å². The van der Waals surface area contributed by atoms with Crippen LogP contribution >= 0.6 is 11.6 Å². The molecule has 0 aliphatic heterocycles. The number of ether oxygens (including phenoxy) is 1. The maximum atomic E-state index is 12.6. The van der Waals surface area contributed by atoms with Crippen LogP contribution in [-0.2, 0) is 17.9 Å². The Morgan fingerprint density at radius 2 is 1.76 bits per heavy atom. The molecule has 0 saturated heterocycles. The van der Waals surface area contributed by atoms with Crippen molar-refractivity contribution in [1.82, 2.24) is 9.55 Å². The van der Waals surface area contributed by atoms with Crippen molar-refractivity contribution in [2.45, 2.75) is 20.1 Å². The lowest BCUT2D eigenvalue weighted by Gasteiger charge is -2.11. The first kappa shape index (κ1) is 19.0. The molecule has 5 nitrogen and oxygen atoms in total. The second-order valence-corrected chi connectivity index (χ2v) is 7.20. The van der Waals surface area contributed by atoms with E-state index in [0.717, 1.165) is 16.8 Å². The average Bonchev–Trinajstić information content (AvgIpc) is 3.07. The van der Waals surface area contributed by atoms with Gasteiger partial charge in [0.1, 0.15) is 24.7 Å². The van der Waals surface area contributed by atoms with E-state index in [0.29, 0.717) is 16.5 Å². The second-order valence-electron chi connectivity index (χ2n) is 6.76. The molecule has 1 heterocycles.